The number of aryl methyl sites for hydroxylation is 1. The molecule has 1 unspecified atom stereocenters. The fourth-order valence-corrected chi connectivity index (χ4v) is 2.37. The highest BCUT2D eigenvalue weighted by molar-refractivity contribution is 5.99. The fraction of sp³-hybridized carbons (Fsp3) is 0.176. The summed E-state index contributed by atoms with van der Waals surface area (Å²) in [6, 6.07) is 15.3. The average molecular weight is 264 g/mol. The van der Waals surface area contributed by atoms with E-state index in [4.69, 9.17) is 0 Å². The second kappa shape index (κ2) is 4.93. The predicted molar refractivity (Wildman–Crippen MR) is 80.0 cm³/mol. The molecule has 1 heterocycles. The molecule has 0 amide bonds. The lowest BCUT2D eigenvalue weighted by Gasteiger charge is -2.13. The standard InChI is InChI=1S/C17H16N2O/c1-12-7-9-14(10-8-12)17(20)13(2)19-11-18-15-5-3-4-6-16(15)19/h3-11,13H,1-2H3. The summed E-state index contributed by atoms with van der Waals surface area (Å²) in [6.45, 7) is 3.93. The quantitative estimate of drug-likeness (QED) is 0.675. The summed E-state index contributed by atoms with van der Waals surface area (Å²) in [5, 5.41) is 0. The van der Waals surface area contributed by atoms with Crippen LogP contribution in [0, 0.1) is 6.92 Å². The lowest BCUT2D eigenvalue weighted by molar-refractivity contribution is 0.0937. The van der Waals surface area contributed by atoms with Crippen molar-refractivity contribution in [3.8, 4) is 0 Å². The van der Waals surface area contributed by atoms with Gasteiger partial charge in [0.25, 0.3) is 0 Å². The van der Waals surface area contributed by atoms with Crippen LogP contribution in [-0.2, 0) is 0 Å². The number of aromatic nitrogens is 2. The first-order valence-corrected chi connectivity index (χ1v) is 6.69. The molecule has 0 radical (unpaired) electrons. The van der Waals surface area contributed by atoms with Gasteiger partial charge in [-0.2, -0.15) is 0 Å². The van der Waals surface area contributed by atoms with Crippen molar-refractivity contribution in [2.24, 2.45) is 0 Å². The molecule has 3 rings (SSSR count). The number of rotatable bonds is 3. The Balaban J connectivity index is 1.97. The summed E-state index contributed by atoms with van der Waals surface area (Å²) in [5.41, 5.74) is 3.79. The third kappa shape index (κ3) is 2.11. The number of nitrogens with zero attached hydrogens (tertiary/aromatic N) is 2. The van der Waals surface area contributed by atoms with Gasteiger partial charge in [0.05, 0.1) is 23.4 Å². The van der Waals surface area contributed by atoms with Crippen LogP contribution in [0.1, 0.15) is 28.9 Å². The number of hydrogen-bond acceptors (Lipinski definition) is 2. The summed E-state index contributed by atoms with van der Waals surface area (Å²) in [7, 11) is 0. The van der Waals surface area contributed by atoms with Gasteiger partial charge in [-0.25, -0.2) is 4.98 Å². The minimum absolute atomic E-state index is 0.105. The highest BCUT2D eigenvalue weighted by Crippen LogP contribution is 2.20. The molecule has 1 aromatic heterocycles. The average Bonchev–Trinajstić information content (AvgIpc) is 2.90. The van der Waals surface area contributed by atoms with E-state index in [2.05, 4.69) is 4.98 Å². The minimum atomic E-state index is -0.259. The van der Waals surface area contributed by atoms with Crippen molar-refractivity contribution in [3.05, 3.63) is 66.0 Å². The Labute approximate surface area is 117 Å². The molecule has 3 heteroatoms. The molecule has 0 fully saturated rings. The van der Waals surface area contributed by atoms with Gasteiger partial charge in [-0.1, -0.05) is 42.0 Å². The molecule has 0 aliphatic rings. The molecule has 0 spiro atoms. The van der Waals surface area contributed by atoms with Crippen LogP contribution in [0.15, 0.2) is 54.9 Å². The Bertz CT molecular complexity index is 756. The van der Waals surface area contributed by atoms with Crippen molar-refractivity contribution in [1.82, 2.24) is 9.55 Å². The molecule has 20 heavy (non-hydrogen) atoms. The van der Waals surface area contributed by atoms with E-state index >= 15 is 0 Å². The zero-order valence-electron chi connectivity index (χ0n) is 11.6. The van der Waals surface area contributed by atoms with Gasteiger partial charge >= 0.3 is 0 Å². The Morgan fingerprint density at radius 3 is 2.55 bits per heavy atom. The molecule has 0 saturated heterocycles. The number of fused-ring (bicyclic) bond motifs is 1. The van der Waals surface area contributed by atoms with Gasteiger partial charge in [0, 0.05) is 5.56 Å². The second-order valence-corrected chi connectivity index (χ2v) is 5.05. The lowest BCUT2D eigenvalue weighted by atomic mass is 10.0. The molecular formula is C17H16N2O. The van der Waals surface area contributed by atoms with E-state index in [-0.39, 0.29) is 11.8 Å². The predicted octanol–water partition coefficient (Wildman–Crippen LogP) is 3.79. The molecule has 0 aliphatic heterocycles. The highest BCUT2D eigenvalue weighted by atomic mass is 16.1. The SMILES string of the molecule is Cc1ccc(C(=O)C(C)n2cnc3ccccc32)cc1. The maximum atomic E-state index is 12.5. The summed E-state index contributed by atoms with van der Waals surface area (Å²) in [6.07, 6.45) is 1.74. The van der Waals surface area contributed by atoms with Gasteiger partial charge < -0.3 is 4.57 Å². The number of ketones is 1. The maximum absolute atomic E-state index is 12.5. The number of benzene rings is 2. The van der Waals surface area contributed by atoms with Crippen LogP contribution in [0.2, 0.25) is 0 Å². The Morgan fingerprint density at radius 2 is 1.80 bits per heavy atom. The van der Waals surface area contributed by atoms with E-state index in [0.29, 0.717) is 0 Å². The molecule has 3 nitrogen and oxygen atoms in total. The Hall–Kier alpha value is -2.42. The van der Waals surface area contributed by atoms with Gasteiger partial charge in [0.1, 0.15) is 0 Å². The number of carbonyl (C=O) groups is 1. The van der Waals surface area contributed by atoms with E-state index in [9.17, 15) is 4.79 Å². The number of imidazole rings is 1. The van der Waals surface area contributed by atoms with Gasteiger partial charge in [-0.15, -0.1) is 0 Å². The molecule has 0 bridgehead atoms. The van der Waals surface area contributed by atoms with Crippen LogP contribution in [0.5, 0.6) is 0 Å². The minimum Gasteiger partial charge on any atom is -0.320 e. The number of hydrogen-bond donors (Lipinski definition) is 0. The van der Waals surface area contributed by atoms with Crippen LogP contribution >= 0.6 is 0 Å². The highest BCUT2D eigenvalue weighted by Gasteiger charge is 2.18. The van der Waals surface area contributed by atoms with Gasteiger partial charge in [-0.05, 0) is 26.0 Å². The Kier molecular flexibility index (Phi) is 3.11. The van der Waals surface area contributed by atoms with Crippen LogP contribution in [0.4, 0.5) is 0 Å². The van der Waals surface area contributed by atoms with Crippen LogP contribution in [0.3, 0.4) is 0 Å². The van der Waals surface area contributed by atoms with Gasteiger partial charge in [0.2, 0.25) is 0 Å². The van der Waals surface area contributed by atoms with Crippen LogP contribution in [-0.4, -0.2) is 15.3 Å². The largest absolute Gasteiger partial charge is 0.320 e. The summed E-state index contributed by atoms with van der Waals surface area (Å²) in [4.78, 5) is 16.9. The first kappa shape index (κ1) is 12.6. The molecule has 2 aromatic carbocycles. The molecule has 0 saturated carbocycles. The normalized spacial score (nSPS) is 12.5. The van der Waals surface area contributed by atoms with Crippen molar-refractivity contribution >= 4 is 16.8 Å². The zero-order valence-corrected chi connectivity index (χ0v) is 11.6. The third-order valence-corrected chi connectivity index (χ3v) is 3.61. The van der Waals surface area contributed by atoms with E-state index in [1.807, 2.05) is 66.9 Å². The molecule has 0 aliphatic carbocycles. The van der Waals surface area contributed by atoms with Crippen LogP contribution in [0.25, 0.3) is 11.0 Å². The lowest BCUT2D eigenvalue weighted by Crippen LogP contribution is -2.15. The van der Waals surface area contributed by atoms with E-state index in [1.54, 1.807) is 6.33 Å². The topological polar surface area (TPSA) is 34.9 Å². The molecule has 0 N–H and O–H groups in total. The molecule has 100 valence electrons. The summed E-state index contributed by atoms with van der Waals surface area (Å²) < 4.78 is 1.93. The molecule has 3 aromatic rings. The number of Topliss-reactive ketones (excluding diaryl/α,β-unsaturated/α-hetero) is 1. The van der Waals surface area contributed by atoms with Crippen molar-refractivity contribution < 1.29 is 4.79 Å². The Morgan fingerprint density at radius 1 is 1.10 bits per heavy atom. The third-order valence-electron chi connectivity index (χ3n) is 3.61. The van der Waals surface area contributed by atoms with E-state index < -0.39 is 0 Å². The van der Waals surface area contributed by atoms with Crippen molar-refractivity contribution in [3.63, 3.8) is 0 Å². The van der Waals surface area contributed by atoms with E-state index in [0.717, 1.165) is 22.2 Å². The molecule has 1 atom stereocenters. The maximum Gasteiger partial charge on any atom is 0.185 e. The first-order valence-electron chi connectivity index (χ1n) is 6.69. The summed E-state index contributed by atoms with van der Waals surface area (Å²) in [5.74, 6) is 0.105. The number of para-hydroxylation sites is 2. The van der Waals surface area contributed by atoms with E-state index in [1.165, 1.54) is 0 Å². The fourth-order valence-electron chi connectivity index (χ4n) is 2.37. The monoisotopic (exact) mass is 264 g/mol. The van der Waals surface area contributed by atoms with Crippen molar-refractivity contribution in [2.45, 2.75) is 19.9 Å². The van der Waals surface area contributed by atoms with Crippen molar-refractivity contribution in [1.29, 1.82) is 0 Å². The van der Waals surface area contributed by atoms with Crippen LogP contribution < -0.4 is 0 Å². The van der Waals surface area contributed by atoms with Gasteiger partial charge in [-0.3, -0.25) is 4.79 Å². The number of carbonyl (C=O) groups excluding carboxylic acids is 1. The molecular weight excluding hydrogens is 248 g/mol. The zero-order chi connectivity index (χ0) is 14.1. The second-order valence-electron chi connectivity index (χ2n) is 5.05. The van der Waals surface area contributed by atoms with Gasteiger partial charge in [0.15, 0.2) is 5.78 Å². The smallest absolute Gasteiger partial charge is 0.185 e. The summed E-state index contributed by atoms with van der Waals surface area (Å²) >= 11 is 0. The van der Waals surface area contributed by atoms with Crippen molar-refractivity contribution in [2.75, 3.05) is 0 Å². The first-order chi connectivity index (χ1) is 9.66.